The van der Waals surface area contributed by atoms with Crippen LogP contribution < -0.4 is 4.90 Å². The van der Waals surface area contributed by atoms with E-state index in [0.717, 1.165) is 44.7 Å². The zero-order chi connectivity index (χ0) is 39.3. The molecule has 0 fully saturated rings. The van der Waals surface area contributed by atoms with Gasteiger partial charge in [-0.15, -0.1) is 11.3 Å². The molecule has 0 spiro atoms. The van der Waals surface area contributed by atoms with Crippen molar-refractivity contribution in [2.45, 2.75) is 0 Å². The third-order valence-corrected chi connectivity index (χ3v) is 13.5. The number of thiophene rings is 1. The molecule has 0 radical (unpaired) electrons. The van der Waals surface area contributed by atoms with Crippen molar-refractivity contribution in [1.29, 1.82) is 0 Å². The Morgan fingerprint density at radius 1 is 0.400 bits per heavy atom. The molecular formula is C56H34N2OS. The molecular weight excluding hydrogens is 749 g/mol. The fourth-order valence-electron chi connectivity index (χ4n) is 9.56. The van der Waals surface area contributed by atoms with Crippen molar-refractivity contribution in [3.8, 4) is 16.8 Å². The average molecular weight is 783 g/mol. The van der Waals surface area contributed by atoms with Gasteiger partial charge in [0.2, 0.25) is 0 Å². The number of anilines is 3. The van der Waals surface area contributed by atoms with Gasteiger partial charge >= 0.3 is 0 Å². The molecule has 60 heavy (non-hydrogen) atoms. The van der Waals surface area contributed by atoms with E-state index in [2.05, 4.69) is 204 Å². The van der Waals surface area contributed by atoms with Crippen LogP contribution in [0.1, 0.15) is 0 Å². The SMILES string of the molecule is c1ccc2cc3c(cc2c1)c1ccccc1n3-c1cc(-c2ccc(N(c3ccc4c(c3)oc3ccccc34)c3cccc4ccccc34)cc2)c2sc3ccccc3c2c1. The summed E-state index contributed by atoms with van der Waals surface area (Å²) in [6.07, 6.45) is 0. The Morgan fingerprint density at radius 2 is 1.07 bits per heavy atom. The summed E-state index contributed by atoms with van der Waals surface area (Å²) in [7, 11) is 0. The highest BCUT2D eigenvalue weighted by Gasteiger charge is 2.21. The molecule has 3 aromatic heterocycles. The van der Waals surface area contributed by atoms with Crippen molar-refractivity contribution in [2.24, 2.45) is 0 Å². The molecule has 13 aromatic rings. The number of aromatic nitrogens is 1. The minimum Gasteiger partial charge on any atom is -0.456 e. The fraction of sp³-hybridized carbons (Fsp3) is 0. The highest BCUT2D eigenvalue weighted by molar-refractivity contribution is 7.26. The molecule has 0 N–H and O–H groups in total. The molecule has 0 aliphatic carbocycles. The predicted octanol–water partition coefficient (Wildman–Crippen LogP) is 16.5. The number of furan rings is 1. The van der Waals surface area contributed by atoms with Gasteiger partial charge in [-0.1, -0.05) is 127 Å². The Bertz CT molecular complexity index is 3840. The first kappa shape index (κ1) is 33.3. The number of para-hydroxylation sites is 2. The molecule has 0 aliphatic rings. The fourth-order valence-corrected chi connectivity index (χ4v) is 10.8. The maximum atomic E-state index is 6.43. The standard InChI is InChI=1S/C56H34N2OS/c1-2-14-38-31-52-48(30-37(38)13-1)43-17-5-8-20-51(43)58(52)41-32-47(56-49(33-41)46-19-7-10-23-55(46)60-56)36-24-26-39(27-25-36)57(50-21-11-15-35-12-3-4-16-42(35)50)40-28-29-45-44-18-6-9-22-53(44)59-54(45)34-40/h1-34H. The molecule has 10 aromatic carbocycles. The Kier molecular flexibility index (Phi) is 7.18. The summed E-state index contributed by atoms with van der Waals surface area (Å²) in [5.41, 5.74) is 11.0. The summed E-state index contributed by atoms with van der Waals surface area (Å²) in [6.45, 7) is 0. The van der Waals surface area contributed by atoms with Gasteiger partial charge in [-0.3, -0.25) is 0 Å². The van der Waals surface area contributed by atoms with Crippen LogP contribution in [0.2, 0.25) is 0 Å². The van der Waals surface area contributed by atoms with Gasteiger partial charge in [0, 0.05) is 75.8 Å². The largest absolute Gasteiger partial charge is 0.456 e. The monoisotopic (exact) mass is 782 g/mol. The second kappa shape index (κ2) is 12.9. The lowest BCUT2D eigenvalue weighted by molar-refractivity contribution is 0.669. The third kappa shape index (κ3) is 5.01. The van der Waals surface area contributed by atoms with E-state index in [1.165, 1.54) is 74.6 Å². The Labute approximate surface area is 349 Å². The van der Waals surface area contributed by atoms with Crippen LogP contribution in [0, 0.1) is 0 Å². The van der Waals surface area contributed by atoms with E-state index < -0.39 is 0 Å². The molecule has 13 rings (SSSR count). The summed E-state index contributed by atoms with van der Waals surface area (Å²) in [5.74, 6) is 0. The zero-order valence-electron chi connectivity index (χ0n) is 32.3. The van der Waals surface area contributed by atoms with Crippen molar-refractivity contribution in [2.75, 3.05) is 4.90 Å². The Morgan fingerprint density at radius 3 is 1.93 bits per heavy atom. The number of hydrogen-bond donors (Lipinski definition) is 0. The van der Waals surface area contributed by atoms with Crippen LogP contribution >= 0.6 is 11.3 Å². The van der Waals surface area contributed by atoms with Crippen LogP contribution in [0.5, 0.6) is 0 Å². The molecule has 3 nitrogen and oxygen atoms in total. The van der Waals surface area contributed by atoms with Crippen molar-refractivity contribution in [3.05, 3.63) is 206 Å². The van der Waals surface area contributed by atoms with Gasteiger partial charge in [-0.25, -0.2) is 0 Å². The van der Waals surface area contributed by atoms with Crippen LogP contribution in [0.3, 0.4) is 0 Å². The van der Waals surface area contributed by atoms with Gasteiger partial charge in [0.25, 0.3) is 0 Å². The Hall–Kier alpha value is -7.66. The van der Waals surface area contributed by atoms with Crippen molar-refractivity contribution in [1.82, 2.24) is 4.57 Å². The number of rotatable bonds is 5. The second-order valence-corrected chi connectivity index (χ2v) is 16.7. The van der Waals surface area contributed by atoms with E-state index in [4.69, 9.17) is 4.42 Å². The zero-order valence-corrected chi connectivity index (χ0v) is 33.2. The molecule has 0 unspecified atom stereocenters. The van der Waals surface area contributed by atoms with Crippen molar-refractivity contribution < 1.29 is 4.42 Å². The number of hydrogen-bond acceptors (Lipinski definition) is 3. The topological polar surface area (TPSA) is 21.3 Å². The van der Waals surface area contributed by atoms with Crippen LogP contribution in [0.4, 0.5) is 17.1 Å². The normalized spacial score (nSPS) is 12.0. The molecule has 3 heterocycles. The van der Waals surface area contributed by atoms with E-state index >= 15 is 0 Å². The highest BCUT2D eigenvalue weighted by atomic mass is 32.1. The number of benzene rings is 10. The van der Waals surface area contributed by atoms with E-state index in [0.29, 0.717) is 0 Å². The third-order valence-electron chi connectivity index (χ3n) is 12.3. The average Bonchev–Trinajstić information content (AvgIpc) is 3.97. The first-order valence-corrected chi connectivity index (χ1v) is 21.2. The summed E-state index contributed by atoms with van der Waals surface area (Å²) in [5, 5.41) is 12.2. The second-order valence-electron chi connectivity index (χ2n) is 15.7. The van der Waals surface area contributed by atoms with E-state index in [9.17, 15) is 0 Å². The molecule has 0 amide bonds. The van der Waals surface area contributed by atoms with Gasteiger partial charge in [0.1, 0.15) is 11.2 Å². The molecule has 4 heteroatoms. The van der Waals surface area contributed by atoms with Crippen molar-refractivity contribution >= 4 is 114 Å². The summed E-state index contributed by atoms with van der Waals surface area (Å²) < 4.78 is 11.5. The quantitative estimate of drug-likeness (QED) is 0.173. The van der Waals surface area contributed by atoms with Gasteiger partial charge < -0.3 is 13.9 Å². The first-order chi connectivity index (χ1) is 29.7. The molecule has 0 saturated carbocycles. The van der Waals surface area contributed by atoms with Gasteiger partial charge in [-0.05, 0) is 94.5 Å². The van der Waals surface area contributed by atoms with E-state index in [-0.39, 0.29) is 0 Å². The first-order valence-electron chi connectivity index (χ1n) is 20.4. The van der Waals surface area contributed by atoms with Crippen LogP contribution in [0.25, 0.3) is 102 Å². The highest BCUT2D eigenvalue weighted by Crippen LogP contribution is 2.46. The van der Waals surface area contributed by atoms with Crippen molar-refractivity contribution in [3.63, 3.8) is 0 Å². The van der Waals surface area contributed by atoms with Gasteiger partial charge in [0.15, 0.2) is 0 Å². The summed E-state index contributed by atoms with van der Waals surface area (Å²) >= 11 is 1.88. The maximum absolute atomic E-state index is 6.43. The smallest absolute Gasteiger partial charge is 0.137 e. The maximum Gasteiger partial charge on any atom is 0.137 e. The molecule has 0 bridgehead atoms. The lowest BCUT2D eigenvalue weighted by Crippen LogP contribution is -2.10. The minimum absolute atomic E-state index is 0.873. The van der Waals surface area contributed by atoms with Gasteiger partial charge in [0.05, 0.1) is 16.7 Å². The number of nitrogens with zero attached hydrogens (tertiary/aromatic N) is 2. The molecule has 0 aliphatic heterocycles. The summed E-state index contributed by atoms with van der Waals surface area (Å²) in [6, 6.07) is 75.1. The van der Waals surface area contributed by atoms with Crippen LogP contribution in [-0.4, -0.2) is 4.57 Å². The van der Waals surface area contributed by atoms with E-state index in [1.807, 2.05) is 23.5 Å². The Balaban J connectivity index is 1.02. The molecule has 280 valence electrons. The lowest BCUT2D eigenvalue weighted by atomic mass is 10.00. The van der Waals surface area contributed by atoms with E-state index in [1.54, 1.807) is 0 Å². The van der Waals surface area contributed by atoms with Gasteiger partial charge in [-0.2, -0.15) is 0 Å². The molecule has 0 saturated heterocycles. The van der Waals surface area contributed by atoms with Crippen LogP contribution in [0.15, 0.2) is 211 Å². The van der Waals surface area contributed by atoms with Crippen LogP contribution in [-0.2, 0) is 0 Å². The molecule has 0 atom stereocenters. The predicted molar refractivity (Wildman–Crippen MR) is 256 cm³/mol. The summed E-state index contributed by atoms with van der Waals surface area (Å²) in [4.78, 5) is 2.37. The minimum atomic E-state index is 0.873. The lowest BCUT2D eigenvalue weighted by Gasteiger charge is -2.27. The number of fused-ring (bicyclic) bond motifs is 11.